The standard InChI is InChI=1S/C12H12N2O3/c1-8-5-3-4-6-10(8)13-7-11(16)14(9(2)15)12(13)17/h3-6H,7H2,1-2H3. The topological polar surface area (TPSA) is 57.7 Å². The number of urea groups is 1. The normalized spacial score (nSPS) is 15.6. The molecule has 1 aliphatic heterocycles. The molecule has 5 nitrogen and oxygen atoms in total. The molecule has 0 spiro atoms. The Balaban J connectivity index is 2.38. The van der Waals surface area contributed by atoms with Gasteiger partial charge in [-0.05, 0) is 18.6 Å². The Bertz CT molecular complexity index is 510. The number of aryl methyl sites for hydroxylation is 1. The lowest BCUT2D eigenvalue weighted by atomic mass is 10.2. The highest BCUT2D eigenvalue weighted by molar-refractivity contribution is 6.21. The molecular formula is C12H12N2O3. The van der Waals surface area contributed by atoms with Crippen LogP contribution in [-0.2, 0) is 9.59 Å². The van der Waals surface area contributed by atoms with Crippen molar-refractivity contribution in [1.29, 1.82) is 0 Å². The van der Waals surface area contributed by atoms with Crippen LogP contribution < -0.4 is 4.90 Å². The van der Waals surface area contributed by atoms with E-state index in [1.807, 2.05) is 19.1 Å². The molecule has 1 saturated heterocycles. The van der Waals surface area contributed by atoms with Gasteiger partial charge in [0.1, 0.15) is 6.54 Å². The largest absolute Gasteiger partial charge is 0.338 e. The Morgan fingerprint density at radius 2 is 1.88 bits per heavy atom. The van der Waals surface area contributed by atoms with Crippen molar-refractivity contribution in [3.63, 3.8) is 0 Å². The quantitative estimate of drug-likeness (QED) is 0.686. The average Bonchev–Trinajstić information content (AvgIpc) is 2.55. The SMILES string of the molecule is CC(=O)N1C(=O)CN(c2ccccc2C)C1=O. The summed E-state index contributed by atoms with van der Waals surface area (Å²) in [7, 11) is 0. The molecule has 0 bridgehead atoms. The third-order valence-electron chi connectivity index (χ3n) is 2.69. The molecule has 5 heteroatoms. The summed E-state index contributed by atoms with van der Waals surface area (Å²) in [5.41, 5.74) is 1.55. The summed E-state index contributed by atoms with van der Waals surface area (Å²) in [6.07, 6.45) is 0. The molecular weight excluding hydrogens is 220 g/mol. The highest BCUT2D eigenvalue weighted by atomic mass is 16.2. The number of carbonyl (C=O) groups excluding carboxylic acids is 3. The first-order valence-corrected chi connectivity index (χ1v) is 5.23. The van der Waals surface area contributed by atoms with Crippen molar-refractivity contribution in [1.82, 2.24) is 4.90 Å². The number of para-hydroxylation sites is 1. The van der Waals surface area contributed by atoms with Gasteiger partial charge in [-0.2, -0.15) is 4.90 Å². The van der Waals surface area contributed by atoms with Gasteiger partial charge in [-0.15, -0.1) is 0 Å². The van der Waals surface area contributed by atoms with Crippen molar-refractivity contribution in [3.8, 4) is 0 Å². The Labute approximate surface area is 98.6 Å². The lowest BCUT2D eigenvalue weighted by molar-refractivity contribution is -0.136. The number of benzene rings is 1. The van der Waals surface area contributed by atoms with Crippen LogP contribution in [0.4, 0.5) is 10.5 Å². The van der Waals surface area contributed by atoms with E-state index in [4.69, 9.17) is 0 Å². The van der Waals surface area contributed by atoms with E-state index in [1.54, 1.807) is 12.1 Å². The van der Waals surface area contributed by atoms with Gasteiger partial charge in [0.15, 0.2) is 0 Å². The molecule has 0 aromatic heterocycles. The van der Waals surface area contributed by atoms with E-state index < -0.39 is 17.8 Å². The van der Waals surface area contributed by atoms with Crippen molar-refractivity contribution in [2.75, 3.05) is 11.4 Å². The smallest absolute Gasteiger partial charge is 0.284 e. The van der Waals surface area contributed by atoms with Gasteiger partial charge >= 0.3 is 6.03 Å². The first-order valence-electron chi connectivity index (χ1n) is 5.23. The molecule has 4 amide bonds. The van der Waals surface area contributed by atoms with E-state index >= 15 is 0 Å². The zero-order valence-corrected chi connectivity index (χ0v) is 9.64. The third-order valence-corrected chi connectivity index (χ3v) is 2.69. The lowest BCUT2D eigenvalue weighted by Crippen LogP contribution is -2.36. The van der Waals surface area contributed by atoms with Crippen LogP contribution in [0.3, 0.4) is 0 Å². The van der Waals surface area contributed by atoms with E-state index in [1.165, 1.54) is 11.8 Å². The van der Waals surface area contributed by atoms with Gasteiger partial charge in [0, 0.05) is 12.6 Å². The molecule has 1 heterocycles. The van der Waals surface area contributed by atoms with E-state index in [2.05, 4.69) is 0 Å². The van der Waals surface area contributed by atoms with Crippen LogP contribution in [-0.4, -0.2) is 29.3 Å². The van der Waals surface area contributed by atoms with Gasteiger partial charge in [-0.1, -0.05) is 18.2 Å². The summed E-state index contributed by atoms with van der Waals surface area (Å²) in [4.78, 5) is 36.7. The molecule has 0 aliphatic carbocycles. The number of hydrogen-bond donors (Lipinski definition) is 0. The van der Waals surface area contributed by atoms with Gasteiger partial charge in [0.25, 0.3) is 5.91 Å². The Morgan fingerprint density at radius 3 is 2.41 bits per heavy atom. The molecule has 1 aromatic rings. The van der Waals surface area contributed by atoms with Crippen LogP contribution in [0.25, 0.3) is 0 Å². The summed E-state index contributed by atoms with van der Waals surface area (Å²) in [6.45, 7) is 2.98. The minimum absolute atomic E-state index is 0.0801. The van der Waals surface area contributed by atoms with Crippen LogP contribution >= 0.6 is 0 Å². The first kappa shape index (κ1) is 11.3. The number of nitrogens with zero attached hydrogens (tertiary/aromatic N) is 2. The summed E-state index contributed by atoms with van der Waals surface area (Å²) < 4.78 is 0. The zero-order valence-electron chi connectivity index (χ0n) is 9.64. The maximum Gasteiger partial charge on any atom is 0.338 e. The number of amides is 4. The molecule has 0 radical (unpaired) electrons. The number of imide groups is 3. The summed E-state index contributed by atoms with van der Waals surface area (Å²) in [5.74, 6) is -1.03. The fourth-order valence-corrected chi connectivity index (χ4v) is 1.87. The highest BCUT2D eigenvalue weighted by Crippen LogP contribution is 2.24. The van der Waals surface area contributed by atoms with Crippen molar-refractivity contribution < 1.29 is 14.4 Å². The Morgan fingerprint density at radius 1 is 1.24 bits per heavy atom. The van der Waals surface area contributed by atoms with Crippen LogP contribution in [0.15, 0.2) is 24.3 Å². The monoisotopic (exact) mass is 232 g/mol. The predicted octanol–water partition coefficient (Wildman–Crippen LogP) is 1.31. The number of hydrogen-bond acceptors (Lipinski definition) is 3. The van der Waals surface area contributed by atoms with Crippen molar-refractivity contribution in [2.45, 2.75) is 13.8 Å². The molecule has 0 atom stereocenters. The fraction of sp³-hybridized carbons (Fsp3) is 0.250. The minimum atomic E-state index is -0.572. The highest BCUT2D eigenvalue weighted by Gasteiger charge is 2.39. The second kappa shape index (κ2) is 4.01. The van der Waals surface area contributed by atoms with Crippen LogP contribution in [0.1, 0.15) is 12.5 Å². The predicted molar refractivity (Wildman–Crippen MR) is 61.4 cm³/mol. The lowest BCUT2D eigenvalue weighted by Gasteiger charge is -2.17. The number of anilines is 1. The molecule has 2 rings (SSSR count). The van der Waals surface area contributed by atoms with Crippen molar-refractivity contribution >= 4 is 23.5 Å². The summed E-state index contributed by atoms with van der Waals surface area (Å²) >= 11 is 0. The van der Waals surface area contributed by atoms with Gasteiger partial charge in [0.05, 0.1) is 0 Å². The van der Waals surface area contributed by atoms with Crippen LogP contribution in [0.2, 0.25) is 0 Å². The van der Waals surface area contributed by atoms with E-state index in [-0.39, 0.29) is 6.54 Å². The van der Waals surface area contributed by atoms with Gasteiger partial charge in [-0.3, -0.25) is 14.5 Å². The molecule has 88 valence electrons. The fourth-order valence-electron chi connectivity index (χ4n) is 1.87. The molecule has 17 heavy (non-hydrogen) atoms. The number of carbonyl (C=O) groups is 3. The summed E-state index contributed by atoms with van der Waals surface area (Å²) in [6, 6.07) is 6.67. The zero-order chi connectivity index (χ0) is 12.6. The number of rotatable bonds is 1. The van der Waals surface area contributed by atoms with E-state index in [0.29, 0.717) is 10.6 Å². The average molecular weight is 232 g/mol. The van der Waals surface area contributed by atoms with Crippen molar-refractivity contribution in [2.24, 2.45) is 0 Å². The van der Waals surface area contributed by atoms with Crippen molar-refractivity contribution in [3.05, 3.63) is 29.8 Å². The summed E-state index contributed by atoms with van der Waals surface area (Å²) in [5, 5.41) is 0. The molecule has 1 aromatic carbocycles. The van der Waals surface area contributed by atoms with Gasteiger partial charge in [0.2, 0.25) is 5.91 Å². The third kappa shape index (κ3) is 1.80. The van der Waals surface area contributed by atoms with E-state index in [9.17, 15) is 14.4 Å². The molecule has 0 saturated carbocycles. The first-order chi connectivity index (χ1) is 8.02. The Kier molecular flexibility index (Phi) is 2.67. The van der Waals surface area contributed by atoms with Gasteiger partial charge in [-0.25, -0.2) is 4.79 Å². The second-order valence-corrected chi connectivity index (χ2v) is 3.90. The van der Waals surface area contributed by atoms with Crippen LogP contribution in [0.5, 0.6) is 0 Å². The van der Waals surface area contributed by atoms with Gasteiger partial charge < -0.3 is 0 Å². The maximum atomic E-state index is 11.9. The van der Waals surface area contributed by atoms with E-state index in [0.717, 1.165) is 5.56 Å². The molecule has 1 fully saturated rings. The maximum absolute atomic E-state index is 11.9. The Hall–Kier alpha value is -2.17. The molecule has 1 aliphatic rings. The van der Waals surface area contributed by atoms with Crippen LogP contribution in [0, 0.1) is 6.92 Å². The minimum Gasteiger partial charge on any atom is -0.284 e. The molecule has 0 N–H and O–H groups in total. The second-order valence-electron chi connectivity index (χ2n) is 3.90. The molecule has 0 unspecified atom stereocenters.